The predicted molar refractivity (Wildman–Crippen MR) is 92.9 cm³/mol. The quantitative estimate of drug-likeness (QED) is 0.783. The number of carbonyl (C=O) groups excluding carboxylic acids is 1. The summed E-state index contributed by atoms with van der Waals surface area (Å²) in [5.41, 5.74) is 0.906. The van der Waals surface area contributed by atoms with Gasteiger partial charge in [-0.1, -0.05) is 0 Å². The molecule has 8 heteroatoms. The average molecular weight is 355 g/mol. The van der Waals surface area contributed by atoms with Crippen LogP contribution in [0.5, 0.6) is 0 Å². The van der Waals surface area contributed by atoms with E-state index in [0.717, 1.165) is 29.7 Å². The van der Waals surface area contributed by atoms with Crippen LogP contribution in [0.1, 0.15) is 29.7 Å². The Hall–Kier alpha value is -2.71. The Morgan fingerprint density at radius 3 is 2.68 bits per heavy atom. The van der Waals surface area contributed by atoms with E-state index in [9.17, 15) is 9.59 Å². The summed E-state index contributed by atoms with van der Waals surface area (Å²) in [6, 6.07) is 3.99. The molecular weight excluding hydrogens is 338 g/mol. The molecule has 2 aromatic rings. The van der Waals surface area contributed by atoms with Gasteiger partial charge in [0.25, 0.3) is 5.56 Å². The minimum absolute atomic E-state index is 0.122. The van der Waals surface area contributed by atoms with Gasteiger partial charge in [-0.15, -0.1) is 11.3 Å². The number of rotatable bonds is 6. The molecular formula is C17H17N5O2S. The van der Waals surface area contributed by atoms with Gasteiger partial charge in [-0.3, -0.25) is 14.2 Å². The van der Waals surface area contributed by atoms with E-state index in [0.29, 0.717) is 5.39 Å². The number of amides is 1. The molecule has 0 radical (unpaired) electrons. The van der Waals surface area contributed by atoms with Crippen molar-refractivity contribution < 1.29 is 4.79 Å². The van der Waals surface area contributed by atoms with Crippen LogP contribution in [-0.4, -0.2) is 33.4 Å². The van der Waals surface area contributed by atoms with Crippen LogP contribution >= 0.6 is 11.3 Å². The van der Waals surface area contributed by atoms with Gasteiger partial charge in [-0.05, 0) is 24.8 Å². The lowest BCUT2D eigenvalue weighted by Gasteiger charge is -2.20. The van der Waals surface area contributed by atoms with E-state index in [1.54, 1.807) is 11.3 Å². The van der Waals surface area contributed by atoms with Gasteiger partial charge in [0.2, 0.25) is 5.91 Å². The first kappa shape index (κ1) is 17.1. The van der Waals surface area contributed by atoms with Crippen molar-refractivity contribution in [2.24, 2.45) is 0 Å². The molecule has 0 fully saturated rings. The summed E-state index contributed by atoms with van der Waals surface area (Å²) >= 11 is 1.56. The Balaban J connectivity index is 1.85. The first-order valence-corrected chi connectivity index (χ1v) is 8.98. The lowest BCUT2D eigenvalue weighted by molar-refractivity contribution is -0.131. The van der Waals surface area contributed by atoms with Crippen molar-refractivity contribution in [3.63, 3.8) is 0 Å². The van der Waals surface area contributed by atoms with Gasteiger partial charge < -0.3 is 4.90 Å². The highest BCUT2D eigenvalue weighted by atomic mass is 32.1. The molecule has 2 heterocycles. The van der Waals surface area contributed by atoms with Crippen LogP contribution in [-0.2, 0) is 24.2 Å². The number of aromatic nitrogens is 2. The van der Waals surface area contributed by atoms with Crippen LogP contribution < -0.4 is 5.56 Å². The molecule has 1 aliphatic rings. The Kier molecular flexibility index (Phi) is 5.11. The van der Waals surface area contributed by atoms with Gasteiger partial charge in [0.15, 0.2) is 0 Å². The van der Waals surface area contributed by atoms with Crippen molar-refractivity contribution in [1.82, 2.24) is 14.5 Å². The van der Waals surface area contributed by atoms with E-state index in [2.05, 4.69) is 4.98 Å². The molecule has 128 valence electrons. The molecule has 7 nitrogen and oxygen atoms in total. The van der Waals surface area contributed by atoms with Crippen molar-refractivity contribution in [2.45, 2.75) is 38.6 Å². The van der Waals surface area contributed by atoms with E-state index in [-0.39, 0.29) is 43.9 Å². The highest BCUT2D eigenvalue weighted by Crippen LogP contribution is 2.34. The summed E-state index contributed by atoms with van der Waals surface area (Å²) in [6.45, 7) is 0.397. The number of fused-ring (bicyclic) bond motifs is 3. The molecule has 0 atom stereocenters. The average Bonchev–Trinajstić information content (AvgIpc) is 3.18. The summed E-state index contributed by atoms with van der Waals surface area (Å²) < 4.78 is 1.34. The van der Waals surface area contributed by atoms with Gasteiger partial charge in [-0.2, -0.15) is 10.5 Å². The monoisotopic (exact) mass is 355 g/mol. The lowest BCUT2D eigenvalue weighted by Crippen LogP contribution is -2.37. The maximum absolute atomic E-state index is 12.8. The van der Waals surface area contributed by atoms with Gasteiger partial charge in [0.05, 0.1) is 36.7 Å². The minimum Gasteiger partial charge on any atom is -0.339 e. The zero-order chi connectivity index (χ0) is 17.8. The van der Waals surface area contributed by atoms with E-state index < -0.39 is 0 Å². The third-order valence-corrected chi connectivity index (χ3v) is 5.54. The molecule has 0 aliphatic heterocycles. The second-order valence-corrected chi connectivity index (χ2v) is 7.00. The molecule has 0 unspecified atom stereocenters. The number of carbonyl (C=O) groups is 1. The minimum atomic E-state index is -0.277. The molecule has 0 bridgehead atoms. The third kappa shape index (κ3) is 3.40. The first-order chi connectivity index (χ1) is 12.2. The van der Waals surface area contributed by atoms with Gasteiger partial charge >= 0.3 is 0 Å². The van der Waals surface area contributed by atoms with Crippen molar-refractivity contribution >= 4 is 27.5 Å². The largest absolute Gasteiger partial charge is 0.339 e. The van der Waals surface area contributed by atoms with Gasteiger partial charge in [0, 0.05) is 18.0 Å². The van der Waals surface area contributed by atoms with Crippen LogP contribution in [0.3, 0.4) is 0 Å². The molecule has 0 spiro atoms. The SMILES string of the molecule is N#CCCN(CCC#N)C(=O)Cn1cnc2sc3c(c2c1=O)CCC3. The molecule has 0 aromatic carbocycles. The van der Waals surface area contributed by atoms with Crippen LogP contribution in [0.15, 0.2) is 11.1 Å². The third-order valence-electron chi connectivity index (χ3n) is 4.34. The summed E-state index contributed by atoms with van der Waals surface area (Å²) in [7, 11) is 0. The topological polar surface area (TPSA) is 103 Å². The zero-order valence-electron chi connectivity index (χ0n) is 13.7. The van der Waals surface area contributed by atoms with E-state index >= 15 is 0 Å². The Morgan fingerprint density at radius 1 is 1.28 bits per heavy atom. The number of nitrogens with zero attached hydrogens (tertiary/aromatic N) is 5. The predicted octanol–water partition coefficient (Wildman–Crippen LogP) is 1.60. The fraction of sp³-hybridized carbons (Fsp3) is 0.471. The second-order valence-electron chi connectivity index (χ2n) is 5.91. The summed E-state index contributed by atoms with van der Waals surface area (Å²) in [6.07, 6.45) is 4.75. The Labute approximate surface area is 148 Å². The second kappa shape index (κ2) is 7.45. The van der Waals surface area contributed by atoms with Crippen molar-refractivity contribution in [3.8, 4) is 12.1 Å². The number of hydrogen-bond donors (Lipinski definition) is 0. The van der Waals surface area contributed by atoms with Gasteiger partial charge in [-0.25, -0.2) is 4.98 Å². The molecule has 2 aromatic heterocycles. The number of hydrogen-bond acceptors (Lipinski definition) is 6. The molecule has 1 amide bonds. The first-order valence-electron chi connectivity index (χ1n) is 8.17. The number of thiophene rings is 1. The van der Waals surface area contributed by atoms with Crippen molar-refractivity contribution in [3.05, 3.63) is 27.1 Å². The molecule has 0 saturated heterocycles. The summed E-state index contributed by atoms with van der Waals surface area (Å²) in [5, 5.41) is 18.1. The molecule has 25 heavy (non-hydrogen) atoms. The van der Waals surface area contributed by atoms with Crippen molar-refractivity contribution in [1.29, 1.82) is 10.5 Å². The summed E-state index contributed by atoms with van der Waals surface area (Å²) in [5.74, 6) is -0.277. The molecule has 0 saturated carbocycles. The molecule has 3 rings (SSSR count). The lowest BCUT2D eigenvalue weighted by atomic mass is 10.2. The van der Waals surface area contributed by atoms with E-state index in [1.165, 1.54) is 20.7 Å². The maximum atomic E-state index is 12.8. The van der Waals surface area contributed by atoms with Gasteiger partial charge in [0.1, 0.15) is 11.4 Å². The fourth-order valence-electron chi connectivity index (χ4n) is 3.11. The normalized spacial score (nSPS) is 12.6. The van der Waals surface area contributed by atoms with Crippen LogP contribution in [0.2, 0.25) is 0 Å². The Morgan fingerprint density at radius 2 is 2.00 bits per heavy atom. The highest BCUT2D eigenvalue weighted by Gasteiger charge is 2.22. The smallest absolute Gasteiger partial charge is 0.262 e. The fourth-order valence-corrected chi connectivity index (χ4v) is 4.33. The van der Waals surface area contributed by atoms with E-state index in [1.807, 2.05) is 12.1 Å². The Bertz CT molecular complexity index is 929. The highest BCUT2D eigenvalue weighted by molar-refractivity contribution is 7.18. The summed E-state index contributed by atoms with van der Waals surface area (Å²) in [4.78, 5) is 33.1. The molecule has 1 aliphatic carbocycles. The number of aryl methyl sites for hydroxylation is 2. The number of nitriles is 2. The maximum Gasteiger partial charge on any atom is 0.262 e. The molecule has 0 N–H and O–H groups in total. The standard InChI is InChI=1S/C17H17N5O2S/c18-6-2-8-21(9-3-7-19)14(23)10-22-11-20-16-15(17(22)24)12-4-1-5-13(12)25-16/h11H,1-5,8-10H2. The van der Waals surface area contributed by atoms with Crippen LogP contribution in [0, 0.1) is 22.7 Å². The van der Waals surface area contributed by atoms with Crippen LogP contribution in [0.4, 0.5) is 0 Å². The van der Waals surface area contributed by atoms with Crippen LogP contribution in [0.25, 0.3) is 10.2 Å². The van der Waals surface area contributed by atoms with E-state index in [4.69, 9.17) is 10.5 Å². The zero-order valence-corrected chi connectivity index (χ0v) is 14.5. The van der Waals surface area contributed by atoms with Crippen molar-refractivity contribution in [2.75, 3.05) is 13.1 Å².